The number of rotatable bonds is 2. The van der Waals surface area contributed by atoms with Crippen LogP contribution in [0.25, 0.3) is 0 Å². The van der Waals surface area contributed by atoms with Gasteiger partial charge in [-0.25, -0.2) is 0 Å². The number of aliphatic hydroxyl groups is 2. The molecule has 1 aliphatic carbocycles. The van der Waals surface area contributed by atoms with E-state index in [4.69, 9.17) is 0 Å². The summed E-state index contributed by atoms with van der Waals surface area (Å²) in [5.41, 5.74) is -5.06. The van der Waals surface area contributed by atoms with Crippen molar-refractivity contribution in [2.45, 2.75) is 18.2 Å². The third-order valence-corrected chi connectivity index (χ3v) is 5.04. The van der Waals surface area contributed by atoms with E-state index in [1.807, 2.05) is 6.92 Å². The first-order valence-corrected chi connectivity index (χ1v) is 7.39. The summed E-state index contributed by atoms with van der Waals surface area (Å²) >= 11 is 0. The molecule has 0 saturated carbocycles. The zero-order valence-electron chi connectivity index (χ0n) is 12.4. The van der Waals surface area contributed by atoms with E-state index in [0.29, 0.717) is 13.1 Å². The number of nitrogens with zero attached hydrogens (tertiary/aromatic N) is 3. The first kappa shape index (κ1) is 14.2. The second-order valence-corrected chi connectivity index (χ2v) is 5.92. The first-order chi connectivity index (χ1) is 10.9. The lowest BCUT2D eigenvalue weighted by Crippen LogP contribution is -2.59. The van der Waals surface area contributed by atoms with Crippen molar-refractivity contribution in [3.05, 3.63) is 57.0 Å². The largest absolute Gasteiger partial charge is 0.370 e. The summed E-state index contributed by atoms with van der Waals surface area (Å²) in [5.74, 6) is -0.576. The van der Waals surface area contributed by atoms with Gasteiger partial charge in [-0.3, -0.25) is 14.9 Å². The van der Waals surface area contributed by atoms with Crippen LogP contribution in [0.1, 0.15) is 22.8 Å². The van der Waals surface area contributed by atoms with E-state index in [9.17, 15) is 25.1 Å². The van der Waals surface area contributed by atoms with E-state index >= 15 is 0 Å². The summed E-state index contributed by atoms with van der Waals surface area (Å²) in [5, 5.41) is 34.1. The molecule has 8 nitrogen and oxygen atoms in total. The van der Waals surface area contributed by atoms with Crippen LogP contribution in [0.15, 0.2) is 35.8 Å². The monoisotopic (exact) mass is 317 g/mol. The number of benzene rings is 1. The Labute approximate surface area is 131 Å². The van der Waals surface area contributed by atoms with Crippen molar-refractivity contribution in [1.82, 2.24) is 9.80 Å². The highest BCUT2D eigenvalue weighted by Gasteiger charge is 2.78. The Bertz CT molecular complexity index is 791. The molecule has 3 aliphatic rings. The molecule has 4 rings (SSSR count). The van der Waals surface area contributed by atoms with Crippen molar-refractivity contribution in [2.24, 2.45) is 0 Å². The summed E-state index contributed by atoms with van der Waals surface area (Å²) < 4.78 is 0. The van der Waals surface area contributed by atoms with Gasteiger partial charge in [0.05, 0.1) is 4.92 Å². The Morgan fingerprint density at radius 2 is 2.00 bits per heavy atom. The van der Waals surface area contributed by atoms with Gasteiger partial charge in [0.1, 0.15) is 0 Å². The smallest absolute Gasteiger partial charge is 0.327 e. The van der Waals surface area contributed by atoms with Crippen molar-refractivity contribution >= 4 is 5.78 Å². The van der Waals surface area contributed by atoms with Crippen LogP contribution in [0, 0.1) is 10.1 Å². The van der Waals surface area contributed by atoms with Crippen LogP contribution in [0.4, 0.5) is 0 Å². The minimum Gasteiger partial charge on any atom is -0.370 e. The van der Waals surface area contributed by atoms with Gasteiger partial charge >= 0.3 is 5.70 Å². The number of fused-ring (bicyclic) bond motifs is 5. The Kier molecular flexibility index (Phi) is 2.52. The summed E-state index contributed by atoms with van der Waals surface area (Å²) in [6.45, 7) is 2.99. The number of likely N-dealkylation sites (N-methyl/N-ethyl adjacent to an activating group) is 1. The van der Waals surface area contributed by atoms with Gasteiger partial charge in [-0.1, -0.05) is 24.3 Å². The van der Waals surface area contributed by atoms with Crippen LogP contribution in [-0.2, 0) is 5.60 Å². The van der Waals surface area contributed by atoms with Gasteiger partial charge in [0.25, 0.3) is 0 Å². The molecular formula is C15H15N3O5. The number of carbonyl (C=O) groups is 1. The van der Waals surface area contributed by atoms with Gasteiger partial charge in [-0.05, 0) is 6.92 Å². The van der Waals surface area contributed by atoms with Gasteiger partial charge in [-0.15, -0.1) is 0 Å². The van der Waals surface area contributed by atoms with Crippen LogP contribution in [-0.4, -0.2) is 56.1 Å². The summed E-state index contributed by atoms with van der Waals surface area (Å²) in [6.07, 6.45) is 0. The minimum atomic E-state index is -2.37. The number of hydrogen-bond acceptors (Lipinski definition) is 7. The van der Waals surface area contributed by atoms with Gasteiger partial charge in [-0.2, -0.15) is 0 Å². The van der Waals surface area contributed by atoms with E-state index in [0.717, 1.165) is 0 Å². The highest BCUT2D eigenvalue weighted by atomic mass is 16.6. The van der Waals surface area contributed by atoms with Crippen molar-refractivity contribution in [3.63, 3.8) is 0 Å². The molecule has 1 fully saturated rings. The van der Waals surface area contributed by atoms with E-state index in [1.165, 1.54) is 17.0 Å². The molecule has 0 aromatic heterocycles. The molecule has 2 unspecified atom stereocenters. The lowest BCUT2D eigenvalue weighted by atomic mass is 9.88. The number of Topliss-reactive ketones (excluding diaryl/α,β-unsaturated/α-hetero) is 1. The fourth-order valence-corrected chi connectivity index (χ4v) is 4.03. The average molecular weight is 317 g/mol. The molecule has 0 bridgehead atoms. The topological polar surface area (TPSA) is 107 Å². The molecule has 0 radical (unpaired) electrons. The molecule has 2 aliphatic heterocycles. The molecule has 1 saturated heterocycles. The predicted octanol–water partition coefficient (Wildman–Crippen LogP) is -0.144. The molecule has 120 valence electrons. The fourth-order valence-electron chi connectivity index (χ4n) is 4.03. The third kappa shape index (κ3) is 1.28. The quantitative estimate of drug-likeness (QED) is 0.577. The molecule has 2 heterocycles. The number of ketones is 1. The summed E-state index contributed by atoms with van der Waals surface area (Å²) in [6, 6.07) is 6.10. The highest BCUT2D eigenvalue weighted by Crippen LogP contribution is 2.58. The Hall–Kier alpha value is -2.45. The Morgan fingerprint density at radius 1 is 1.30 bits per heavy atom. The van der Waals surface area contributed by atoms with Crippen LogP contribution in [0.3, 0.4) is 0 Å². The second kappa shape index (κ2) is 4.09. The maximum absolute atomic E-state index is 12.8. The molecule has 23 heavy (non-hydrogen) atoms. The summed E-state index contributed by atoms with van der Waals surface area (Å²) in [4.78, 5) is 26.8. The van der Waals surface area contributed by atoms with E-state index in [-0.39, 0.29) is 23.5 Å². The molecule has 0 amide bonds. The van der Waals surface area contributed by atoms with E-state index in [1.54, 1.807) is 17.0 Å². The average Bonchev–Trinajstić information content (AvgIpc) is 3.08. The zero-order chi connectivity index (χ0) is 16.6. The zero-order valence-corrected chi connectivity index (χ0v) is 12.4. The van der Waals surface area contributed by atoms with Gasteiger partial charge < -0.3 is 20.0 Å². The van der Waals surface area contributed by atoms with Crippen LogP contribution >= 0.6 is 0 Å². The van der Waals surface area contributed by atoms with E-state index < -0.39 is 27.7 Å². The predicted molar refractivity (Wildman–Crippen MR) is 77.6 cm³/mol. The van der Waals surface area contributed by atoms with Crippen molar-refractivity contribution < 1.29 is 19.9 Å². The maximum Gasteiger partial charge on any atom is 0.327 e. The normalized spacial score (nSPS) is 31.5. The third-order valence-electron chi connectivity index (χ3n) is 5.04. The number of carbonyl (C=O) groups excluding carboxylic acids is 1. The fraction of sp³-hybridized carbons (Fsp3) is 0.400. The van der Waals surface area contributed by atoms with Gasteiger partial charge in [0.15, 0.2) is 5.82 Å². The minimum absolute atomic E-state index is 0.0807. The van der Waals surface area contributed by atoms with Crippen LogP contribution in [0.5, 0.6) is 0 Å². The van der Waals surface area contributed by atoms with Crippen molar-refractivity contribution in [1.29, 1.82) is 0 Å². The number of nitro groups is 1. The maximum atomic E-state index is 12.8. The van der Waals surface area contributed by atoms with Gasteiger partial charge in [0, 0.05) is 30.8 Å². The Balaban J connectivity index is 2.08. The molecule has 8 heteroatoms. The molecular weight excluding hydrogens is 302 g/mol. The highest BCUT2D eigenvalue weighted by molar-refractivity contribution is 6.09. The van der Waals surface area contributed by atoms with E-state index in [2.05, 4.69) is 0 Å². The van der Waals surface area contributed by atoms with Crippen molar-refractivity contribution in [2.75, 3.05) is 19.6 Å². The lowest BCUT2D eigenvalue weighted by molar-refractivity contribution is -0.450. The number of hydrogen-bond donors (Lipinski definition) is 2. The molecule has 2 N–H and O–H groups in total. The first-order valence-electron chi connectivity index (χ1n) is 7.39. The van der Waals surface area contributed by atoms with Crippen molar-refractivity contribution in [3.8, 4) is 0 Å². The SMILES string of the molecule is CCN1CCN2C1=C([N+](=O)[O-])C1(O)c3ccccc3C(=O)C21O. The molecule has 1 aromatic rings. The lowest BCUT2D eigenvalue weighted by Gasteiger charge is -2.34. The second-order valence-electron chi connectivity index (χ2n) is 5.92. The van der Waals surface area contributed by atoms with Crippen LogP contribution < -0.4 is 0 Å². The standard InChI is InChI=1S/C15H15N3O5/c1-2-16-7-8-17-13(16)11(18(22)23)14(20)10-6-4-3-5-9(10)12(19)15(14,17)21/h3-6,20-21H,2,7-8H2,1H3. The molecule has 2 atom stereocenters. The Morgan fingerprint density at radius 3 is 2.65 bits per heavy atom. The molecule has 1 aromatic carbocycles. The molecule has 0 spiro atoms. The van der Waals surface area contributed by atoms with Crippen LogP contribution in [0.2, 0.25) is 0 Å². The van der Waals surface area contributed by atoms with Gasteiger partial charge in [0.2, 0.25) is 17.1 Å². The summed E-state index contributed by atoms with van der Waals surface area (Å²) in [7, 11) is 0.